The van der Waals surface area contributed by atoms with Gasteiger partial charge in [0.2, 0.25) is 0 Å². The van der Waals surface area contributed by atoms with E-state index in [1.807, 2.05) is 0 Å². The Bertz CT molecular complexity index is 1460. The maximum atomic E-state index is 14.7. The van der Waals surface area contributed by atoms with Crippen LogP contribution in [-0.2, 0) is 34.7 Å². The third-order valence-corrected chi connectivity index (χ3v) is 7.53. The highest BCUT2D eigenvalue weighted by Crippen LogP contribution is 2.45. The standard InChI is InChI=1S/C24H22FN3O5/c1-3-24(31)14-6-18-21-12(8-28(18)22(29)13(14)9-33-23(24)30)20-16(27-32)5-4-11-10(2)15(25)7-17(26-21)19(11)20/h6-7,16,27,31-32H,3-5,8-9H2,1-2H3/t16-,24-/m0/s1. The maximum absolute atomic E-state index is 14.7. The van der Waals surface area contributed by atoms with Crippen LogP contribution >= 0.6 is 0 Å². The summed E-state index contributed by atoms with van der Waals surface area (Å²) in [5.41, 5.74) is 4.98. The van der Waals surface area contributed by atoms with Crippen LogP contribution in [0.2, 0.25) is 0 Å². The van der Waals surface area contributed by atoms with E-state index in [4.69, 9.17) is 9.72 Å². The van der Waals surface area contributed by atoms with Crippen molar-refractivity contribution in [1.82, 2.24) is 15.0 Å². The Morgan fingerprint density at radius 1 is 1.30 bits per heavy atom. The number of aryl methyl sites for hydroxylation is 1. The topological polar surface area (TPSA) is 114 Å². The van der Waals surface area contributed by atoms with Gasteiger partial charge in [-0.05, 0) is 48.9 Å². The zero-order valence-electron chi connectivity index (χ0n) is 18.2. The van der Waals surface area contributed by atoms with Crippen molar-refractivity contribution in [3.8, 4) is 11.4 Å². The van der Waals surface area contributed by atoms with Crippen molar-refractivity contribution in [2.75, 3.05) is 0 Å². The number of pyridine rings is 2. The fraction of sp³-hybridized carbons (Fsp3) is 0.375. The molecule has 0 unspecified atom stereocenters. The summed E-state index contributed by atoms with van der Waals surface area (Å²) in [7, 11) is 0. The van der Waals surface area contributed by atoms with E-state index in [-0.39, 0.29) is 42.1 Å². The lowest BCUT2D eigenvalue weighted by atomic mass is 9.82. The number of rotatable bonds is 2. The van der Waals surface area contributed by atoms with E-state index in [1.54, 1.807) is 24.5 Å². The molecular weight excluding hydrogens is 429 g/mol. The average molecular weight is 451 g/mol. The van der Waals surface area contributed by atoms with Gasteiger partial charge in [-0.2, -0.15) is 5.48 Å². The van der Waals surface area contributed by atoms with E-state index in [0.29, 0.717) is 35.3 Å². The van der Waals surface area contributed by atoms with Gasteiger partial charge >= 0.3 is 5.97 Å². The molecule has 2 aromatic heterocycles. The van der Waals surface area contributed by atoms with Crippen LogP contribution in [0.1, 0.15) is 59.2 Å². The Balaban J connectivity index is 1.70. The number of nitrogens with zero attached hydrogens (tertiary/aromatic N) is 2. The molecule has 4 heterocycles. The second kappa shape index (κ2) is 6.69. The van der Waals surface area contributed by atoms with E-state index < -0.39 is 17.6 Å². The number of aromatic nitrogens is 2. The molecule has 0 saturated heterocycles. The van der Waals surface area contributed by atoms with Gasteiger partial charge in [-0.3, -0.25) is 4.79 Å². The van der Waals surface area contributed by atoms with Crippen molar-refractivity contribution >= 4 is 16.9 Å². The van der Waals surface area contributed by atoms with Crippen molar-refractivity contribution in [2.45, 2.75) is 57.9 Å². The van der Waals surface area contributed by atoms with Crippen molar-refractivity contribution in [3.63, 3.8) is 0 Å². The minimum Gasteiger partial charge on any atom is -0.458 e. The predicted molar refractivity (Wildman–Crippen MR) is 115 cm³/mol. The van der Waals surface area contributed by atoms with Gasteiger partial charge in [0.15, 0.2) is 5.60 Å². The normalized spacial score (nSPS) is 22.7. The van der Waals surface area contributed by atoms with Crippen molar-refractivity contribution in [1.29, 1.82) is 0 Å². The first-order valence-corrected chi connectivity index (χ1v) is 11.0. The summed E-state index contributed by atoms with van der Waals surface area (Å²) in [6, 6.07) is 2.63. The molecule has 9 heteroatoms. The summed E-state index contributed by atoms with van der Waals surface area (Å²) in [4.78, 5) is 30.5. The molecule has 0 radical (unpaired) electrons. The molecule has 2 aliphatic heterocycles. The zero-order valence-corrected chi connectivity index (χ0v) is 18.2. The molecule has 170 valence electrons. The lowest BCUT2D eigenvalue weighted by Gasteiger charge is -2.31. The first-order valence-electron chi connectivity index (χ1n) is 11.0. The molecule has 1 aliphatic carbocycles. The highest BCUT2D eigenvalue weighted by Gasteiger charge is 2.45. The number of aliphatic hydroxyl groups is 1. The second-order valence-electron chi connectivity index (χ2n) is 9.03. The number of benzene rings is 1. The minimum atomic E-state index is -1.91. The van der Waals surface area contributed by atoms with Gasteiger partial charge < -0.3 is 19.6 Å². The molecule has 0 spiro atoms. The van der Waals surface area contributed by atoms with Gasteiger partial charge in [-0.15, -0.1) is 0 Å². The Morgan fingerprint density at radius 3 is 2.82 bits per heavy atom. The van der Waals surface area contributed by atoms with Gasteiger partial charge in [0.25, 0.3) is 5.56 Å². The summed E-state index contributed by atoms with van der Waals surface area (Å²) in [5, 5.41) is 21.7. The highest BCUT2D eigenvalue weighted by atomic mass is 19.1. The summed E-state index contributed by atoms with van der Waals surface area (Å²) < 4.78 is 21.4. The fourth-order valence-electron chi connectivity index (χ4n) is 5.68. The van der Waals surface area contributed by atoms with Gasteiger partial charge in [0, 0.05) is 22.6 Å². The number of cyclic esters (lactones) is 1. The van der Waals surface area contributed by atoms with Crippen molar-refractivity contribution < 1.29 is 24.2 Å². The summed E-state index contributed by atoms with van der Waals surface area (Å²) >= 11 is 0. The Morgan fingerprint density at radius 2 is 2.09 bits per heavy atom. The van der Waals surface area contributed by atoms with Crippen LogP contribution in [0.25, 0.3) is 22.3 Å². The van der Waals surface area contributed by atoms with Crippen molar-refractivity contribution in [3.05, 3.63) is 61.7 Å². The van der Waals surface area contributed by atoms with Crippen LogP contribution in [0.4, 0.5) is 4.39 Å². The smallest absolute Gasteiger partial charge is 0.343 e. The largest absolute Gasteiger partial charge is 0.458 e. The Kier molecular flexibility index (Phi) is 4.15. The van der Waals surface area contributed by atoms with Gasteiger partial charge in [0.05, 0.1) is 35.1 Å². The Labute approximate surface area is 187 Å². The predicted octanol–water partition coefficient (Wildman–Crippen LogP) is 2.49. The molecule has 3 N–H and O–H groups in total. The third-order valence-electron chi connectivity index (χ3n) is 7.53. The van der Waals surface area contributed by atoms with Gasteiger partial charge in [0.1, 0.15) is 12.4 Å². The number of carbonyl (C=O) groups excluding carboxylic acids is 1. The van der Waals surface area contributed by atoms with E-state index in [1.165, 1.54) is 6.07 Å². The molecular formula is C24H22FN3O5. The quantitative estimate of drug-likeness (QED) is 0.317. The summed E-state index contributed by atoms with van der Waals surface area (Å²) in [6.45, 7) is 3.41. The molecule has 8 nitrogen and oxygen atoms in total. The molecule has 1 aromatic carbocycles. The van der Waals surface area contributed by atoms with Crippen LogP contribution < -0.4 is 11.0 Å². The minimum absolute atomic E-state index is 0.0509. The lowest BCUT2D eigenvalue weighted by Crippen LogP contribution is -2.44. The monoisotopic (exact) mass is 451 g/mol. The van der Waals surface area contributed by atoms with Crippen LogP contribution in [0.15, 0.2) is 16.9 Å². The lowest BCUT2D eigenvalue weighted by molar-refractivity contribution is -0.172. The maximum Gasteiger partial charge on any atom is 0.343 e. The van der Waals surface area contributed by atoms with E-state index in [2.05, 4.69) is 5.48 Å². The fourth-order valence-corrected chi connectivity index (χ4v) is 5.68. The third kappa shape index (κ3) is 2.47. The molecule has 0 amide bonds. The summed E-state index contributed by atoms with van der Waals surface area (Å²) in [6.07, 6.45) is 1.21. The molecule has 3 aromatic rings. The number of hydroxylamine groups is 1. The molecule has 3 aliphatic rings. The molecule has 6 rings (SSSR count). The SMILES string of the molecule is CC[C@@]1(O)C(=O)OCc2c1cc1n(c2=O)Cc2c-1nc1cc(F)c(C)c3c1c2[C@@H](NO)CC3. The second-order valence-corrected chi connectivity index (χ2v) is 9.03. The van der Waals surface area contributed by atoms with E-state index >= 15 is 0 Å². The van der Waals surface area contributed by atoms with Crippen LogP contribution in [0, 0.1) is 12.7 Å². The zero-order chi connectivity index (χ0) is 23.2. The first-order chi connectivity index (χ1) is 15.8. The number of nitrogens with one attached hydrogen (secondary N) is 1. The van der Waals surface area contributed by atoms with Gasteiger partial charge in [-0.1, -0.05) is 6.92 Å². The van der Waals surface area contributed by atoms with Crippen LogP contribution in [-0.4, -0.2) is 25.8 Å². The number of ether oxygens (including phenoxy) is 1. The molecule has 2 atom stereocenters. The van der Waals surface area contributed by atoms with Crippen molar-refractivity contribution in [2.24, 2.45) is 0 Å². The number of hydrogen-bond acceptors (Lipinski definition) is 7. The number of halogens is 1. The number of carbonyl (C=O) groups is 1. The van der Waals surface area contributed by atoms with Crippen LogP contribution in [0.3, 0.4) is 0 Å². The van der Waals surface area contributed by atoms with E-state index in [9.17, 15) is 24.3 Å². The van der Waals surface area contributed by atoms with Crippen LogP contribution in [0.5, 0.6) is 0 Å². The molecule has 33 heavy (non-hydrogen) atoms. The molecule has 0 fully saturated rings. The number of hydrogen-bond donors (Lipinski definition) is 3. The number of fused-ring (bicyclic) bond motifs is 5. The number of esters is 1. The van der Waals surface area contributed by atoms with Gasteiger partial charge in [-0.25, -0.2) is 14.2 Å². The molecule has 0 bridgehead atoms. The average Bonchev–Trinajstić information content (AvgIpc) is 3.18. The molecule has 0 saturated carbocycles. The Hall–Kier alpha value is -3.14. The van der Waals surface area contributed by atoms with E-state index in [0.717, 1.165) is 22.1 Å². The summed E-state index contributed by atoms with van der Waals surface area (Å²) in [5.74, 6) is -1.14. The highest BCUT2D eigenvalue weighted by molar-refractivity contribution is 5.93. The first kappa shape index (κ1) is 20.5.